The number of rotatable bonds is 7. The first-order valence-electron chi connectivity index (χ1n) is 9.40. The number of esters is 1. The van der Waals surface area contributed by atoms with Gasteiger partial charge in [0.2, 0.25) is 6.79 Å². The molecule has 28 heavy (non-hydrogen) atoms. The van der Waals surface area contributed by atoms with Crippen molar-refractivity contribution < 1.29 is 23.8 Å². The fourth-order valence-corrected chi connectivity index (χ4v) is 3.43. The van der Waals surface area contributed by atoms with Crippen molar-refractivity contribution in [2.24, 2.45) is 11.8 Å². The maximum Gasteiger partial charge on any atom is 0.309 e. The normalized spacial score (nSPS) is 19.2. The molecule has 1 aliphatic carbocycles. The van der Waals surface area contributed by atoms with Gasteiger partial charge in [-0.05, 0) is 49.1 Å². The Kier molecular flexibility index (Phi) is 5.14. The van der Waals surface area contributed by atoms with Gasteiger partial charge in [-0.3, -0.25) is 14.6 Å². The number of hydrogen-bond donors (Lipinski definition) is 0. The van der Waals surface area contributed by atoms with Gasteiger partial charge in [0.05, 0.1) is 12.5 Å². The van der Waals surface area contributed by atoms with E-state index in [9.17, 15) is 9.59 Å². The minimum atomic E-state index is -0.174. The lowest BCUT2D eigenvalue weighted by Crippen LogP contribution is -2.33. The molecule has 0 saturated heterocycles. The summed E-state index contributed by atoms with van der Waals surface area (Å²) in [6, 6.07) is 9.07. The summed E-state index contributed by atoms with van der Waals surface area (Å²) in [6.45, 7) is 3.30. The summed E-state index contributed by atoms with van der Waals surface area (Å²) in [4.78, 5) is 30.8. The average molecular weight is 382 g/mol. The number of hydrogen-bond acceptors (Lipinski definition) is 6. The van der Waals surface area contributed by atoms with Crippen LogP contribution in [0, 0.1) is 11.8 Å². The summed E-state index contributed by atoms with van der Waals surface area (Å²) >= 11 is 0. The number of amides is 1. The number of ether oxygens (including phenoxy) is 3. The highest BCUT2D eigenvalue weighted by Gasteiger charge is 2.45. The van der Waals surface area contributed by atoms with Crippen molar-refractivity contribution in [2.75, 3.05) is 19.9 Å². The Hall–Kier alpha value is -3.09. The molecule has 1 aromatic carbocycles. The van der Waals surface area contributed by atoms with E-state index in [4.69, 9.17) is 14.2 Å². The third kappa shape index (κ3) is 3.93. The largest absolute Gasteiger partial charge is 0.466 e. The highest BCUT2D eigenvalue weighted by Crippen LogP contribution is 2.41. The molecule has 1 saturated carbocycles. The van der Waals surface area contributed by atoms with Gasteiger partial charge in [0.25, 0.3) is 5.91 Å². The van der Waals surface area contributed by atoms with E-state index >= 15 is 0 Å². The molecule has 146 valence electrons. The van der Waals surface area contributed by atoms with E-state index in [0.717, 1.165) is 12.0 Å². The Morgan fingerprint density at radius 1 is 1.18 bits per heavy atom. The van der Waals surface area contributed by atoms with Crippen LogP contribution in [0.5, 0.6) is 11.5 Å². The van der Waals surface area contributed by atoms with Gasteiger partial charge >= 0.3 is 5.97 Å². The van der Waals surface area contributed by atoms with Gasteiger partial charge < -0.3 is 19.1 Å². The van der Waals surface area contributed by atoms with E-state index in [0.29, 0.717) is 36.8 Å². The predicted octanol–water partition coefficient (Wildman–Crippen LogP) is 2.65. The van der Waals surface area contributed by atoms with Gasteiger partial charge in [-0.25, -0.2) is 0 Å². The predicted molar refractivity (Wildman–Crippen MR) is 99.8 cm³/mol. The maximum atomic E-state index is 13.1. The van der Waals surface area contributed by atoms with Crippen LogP contribution in [0.3, 0.4) is 0 Å². The molecule has 2 aromatic rings. The number of aromatic nitrogens is 1. The SMILES string of the molecule is CCOC(=O)C1CC1CN(Cc1ccc2c(c1)OCO2)C(=O)c1ccncc1. The van der Waals surface area contributed by atoms with E-state index in [1.807, 2.05) is 18.2 Å². The lowest BCUT2D eigenvalue weighted by Gasteiger charge is -2.23. The Balaban J connectivity index is 1.50. The summed E-state index contributed by atoms with van der Waals surface area (Å²) < 4.78 is 15.9. The summed E-state index contributed by atoms with van der Waals surface area (Å²) in [6.07, 6.45) is 3.95. The second kappa shape index (κ2) is 7.88. The quantitative estimate of drug-likeness (QED) is 0.685. The van der Waals surface area contributed by atoms with Crippen molar-refractivity contribution in [2.45, 2.75) is 19.9 Å². The standard InChI is InChI=1S/C21H22N2O5/c1-2-26-21(25)17-10-16(17)12-23(20(24)15-5-7-22-8-6-15)11-14-3-4-18-19(9-14)28-13-27-18/h3-9,16-17H,2,10-13H2,1H3. The molecule has 7 heteroatoms. The lowest BCUT2D eigenvalue weighted by molar-refractivity contribution is -0.145. The van der Waals surface area contributed by atoms with Crippen molar-refractivity contribution in [1.82, 2.24) is 9.88 Å². The molecule has 0 N–H and O–H groups in total. The van der Waals surface area contributed by atoms with Crippen LogP contribution < -0.4 is 9.47 Å². The molecule has 2 heterocycles. The first kappa shape index (κ1) is 18.3. The molecule has 1 aromatic heterocycles. The highest BCUT2D eigenvalue weighted by molar-refractivity contribution is 5.94. The van der Waals surface area contributed by atoms with E-state index in [1.165, 1.54) is 0 Å². The Morgan fingerprint density at radius 3 is 2.75 bits per heavy atom. The zero-order valence-corrected chi connectivity index (χ0v) is 15.7. The Morgan fingerprint density at radius 2 is 1.96 bits per heavy atom. The third-order valence-electron chi connectivity index (χ3n) is 4.99. The zero-order chi connectivity index (χ0) is 19.5. The zero-order valence-electron chi connectivity index (χ0n) is 15.7. The number of carbonyl (C=O) groups is 2. The van der Waals surface area contributed by atoms with Crippen LogP contribution in [-0.2, 0) is 16.1 Å². The van der Waals surface area contributed by atoms with Crippen LogP contribution in [0.1, 0.15) is 29.3 Å². The highest BCUT2D eigenvalue weighted by atomic mass is 16.7. The van der Waals surface area contributed by atoms with E-state index in [2.05, 4.69) is 4.98 Å². The minimum absolute atomic E-state index is 0.0884. The molecular formula is C21H22N2O5. The molecule has 1 amide bonds. The Bertz CT molecular complexity index is 870. The monoisotopic (exact) mass is 382 g/mol. The van der Waals surface area contributed by atoms with E-state index < -0.39 is 0 Å². The van der Waals surface area contributed by atoms with Crippen LogP contribution in [0.15, 0.2) is 42.7 Å². The molecule has 2 unspecified atom stereocenters. The van der Waals surface area contributed by atoms with Crippen LogP contribution in [0.25, 0.3) is 0 Å². The summed E-state index contributed by atoms with van der Waals surface area (Å²) in [7, 11) is 0. The molecule has 2 aliphatic rings. The average Bonchev–Trinajstić information content (AvgIpc) is 3.33. The lowest BCUT2D eigenvalue weighted by atomic mass is 10.1. The van der Waals surface area contributed by atoms with Crippen molar-refractivity contribution in [3.63, 3.8) is 0 Å². The first-order chi connectivity index (χ1) is 13.7. The number of carbonyl (C=O) groups excluding carboxylic acids is 2. The molecule has 0 bridgehead atoms. The molecule has 0 radical (unpaired) electrons. The number of fused-ring (bicyclic) bond motifs is 1. The van der Waals surface area contributed by atoms with Crippen molar-refractivity contribution >= 4 is 11.9 Å². The van der Waals surface area contributed by atoms with Gasteiger partial charge in [-0.1, -0.05) is 6.07 Å². The fourth-order valence-electron chi connectivity index (χ4n) is 3.43. The second-order valence-corrected chi connectivity index (χ2v) is 6.96. The minimum Gasteiger partial charge on any atom is -0.466 e. The van der Waals surface area contributed by atoms with Crippen molar-refractivity contribution in [3.05, 3.63) is 53.9 Å². The van der Waals surface area contributed by atoms with Crippen LogP contribution in [-0.4, -0.2) is 41.7 Å². The maximum absolute atomic E-state index is 13.1. The number of nitrogens with zero attached hydrogens (tertiary/aromatic N) is 2. The van der Waals surface area contributed by atoms with Gasteiger partial charge in [-0.15, -0.1) is 0 Å². The molecule has 0 spiro atoms. The van der Waals surface area contributed by atoms with Crippen molar-refractivity contribution in [3.8, 4) is 11.5 Å². The third-order valence-corrected chi connectivity index (χ3v) is 4.99. The van der Waals surface area contributed by atoms with Crippen LogP contribution in [0.2, 0.25) is 0 Å². The first-order valence-corrected chi connectivity index (χ1v) is 9.40. The molecule has 4 rings (SSSR count). The topological polar surface area (TPSA) is 78.0 Å². The van der Waals surface area contributed by atoms with Crippen LogP contribution in [0.4, 0.5) is 0 Å². The smallest absolute Gasteiger partial charge is 0.309 e. The summed E-state index contributed by atoms with van der Waals surface area (Å²) in [5, 5.41) is 0. The van der Waals surface area contributed by atoms with E-state index in [1.54, 1.807) is 36.4 Å². The fraction of sp³-hybridized carbons (Fsp3) is 0.381. The van der Waals surface area contributed by atoms with Crippen molar-refractivity contribution in [1.29, 1.82) is 0 Å². The van der Waals surface area contributed by atoms with E-state index in [-0.39, 0.29) is 30.5 Å². The van der Waals surface area contributed by atoms with Gasteiger partial charge in [0.1, 0.15) is 0 Å². The summed E-state index contributed by atoms with van der Waals surface area (Å²) in [5.41, 5.74) is 1.52. The molecule has 1 fully saturated rings. The number of pyridine rings is 1. The molecule has 1 aliphatic heterocycles. The van der Waals surface area contributed by atoms with Gasteiger partial charge in [0, 0.05) is 31.0 Å². The van der Waals surface area contributed by atoms with Gasteiger partial charge in [-0.2, -0.15) is 0 Å². The van der Waals surface area contributed by atoms with Crippen LogP contribution >= 0.6 is 0 Å². The Labute approximate surface area is 163 Å². The second-order valence-electron chi connectivity index (χ2n) is 6.96. The molecule has 2 atom stereocenters. The van der Waals surface area contributed by atoms with Gasteiger partial charge in [0.15, 0.2) is 11.5 Å². The summed E-state index contributed by atoms with van der Waals surface area (Å²) in [5.74, 6) is 1.13. The number of benzene rings is 1. The molecular weight excluding hydrogens is 360 g/mol. The molecule has 7 nitrogen and oxygen atoms in total.